The summed E-state index contributed by atoms with van der Waals surface area (Å²) in [7, 11) is 1.83. The van der Waals surface area contributed by atoms with Gasteiger partial charge >= 0.3 is 0 Å². The summed E-state index contributed by atoms with van der Waals surface area (Å²) in [4.78, 5) is 4.32. The molecule has 1 fully saturated rings. The van der Waals surface area contributed by atoms with Gasteiger partial charge < -0.3 is 20.1 Å². The molecule has 1 aromatic rings. The maximum atomic E-state index is 5.99. The molecule has 0 spiro atoms. The molecule has 0 bridgehead atoms. The highest BCUT2D eigenvalue weighted by molar-refractivity contribution is 5.79. The second-order valence-corrected chi connectivity index (χ2v) is 7.91. The zero-order valence-corrected chi connectivity index (χ0v) is 17.5. The molecule has 1 heterocycles. The highest BCUT2D eigenvalue weighted by Gasteiger charge is 2.13. The minimum absolute atomic E-state index is 0.535. The Hall–Kier alpha value is -1.75. The molecule has 3 rings (SSSR count). The van der Waals surface area contributed by atoms with Crippen LogP contribution in [0.4, 0.5) is 0 Å². The number of guanidine groups is 1. The maximum Gasteiger partial charge on any atom is 0.190 e. The van der Waals surface area contributed by atoms with Crippen LogP contribution in [0.25, 0.3) is 0 Å². The number of ether oxygens (including phenoxy) is 2. The van der Waals surface area contributed by atoms with Gasteiger partial charge in [0.15, 0.2) is 5.96 Å². The summed E-state index contributed by atoms with van der Waals surface area (Å²) in [6.07, 6.45) is 12.7. The summed E-state index contributed by atoms with van der Waals surface area (Å²) >= 11 is 0. The van der Waals surface area contributed by atoms with E-state index in [0.717, 1.165) is 63.7 Å². The molecule has 1 aliphatic heterocycles. The van der Waals surface area contributed by atoms with Gasteiger partial charge in [0.05, 0.1) is 12.7 Å². The fourth-order valence-corrected chi connectivity index (χ4v) is 4.03. The summed E-state index contributed by atoms with van der Waals surface area (Å²) in [6, 6.07) is 6.54. The van der Waals surface area contributed by atoms with Crippen LogP contribution >= 0.6 is 0 Å². The first-order chi connectivity index (χ1) is 13.8. The Bertz CT molecular complexity index is 612. The van der Waals surface area contributed by atoms with Crippen LogP contribution in [0.2, 0.25) is 0 Å². The summed E-state index contributed by atoms with van der Waals surface area (Å²) in [5, 5.41) is 6.83. The van der Waals surface area contributed by atoms with Crippen LogP contribution in [0, 0.1) is 0 Å². The number of rotatable bonds is 10. The molecule has 5 heteroatoms. The molecule has 0 atom stereocenters. The number of aliphatic imine (C=N–C) groups is 1. The van der Waals surface area contributed by atoms with Crippen LogP contribution in [0.1, 0.15) is 62.5 Å². The third-order valence-corrected chi connectivity index (χ3v) is 5.70. The third kappa shape index (κ3) is 7.01. The van der Waals surface area contributed by atoms with Gasteiger partial charge in [0.1, 0.15) is 5.75 Å². The van der Waals surface area contributed by atoms with Crippen molar-refractivity contribution in [3.8, 4) is 5.75 Å². The fraction of sp³-hybridized carbons (Fsp3) is 0.696. The Labute approximate surface area is 170 Å². The number of nitrogens with zero attached hydrogens (tertiary/aromatic N) is 1. The van der Waals surface area contributed by atoms with Gasteiger partial charge in [0, 0.05) is 33.2 Å². The van der Waals surface area contributed by atoms with Crippen LogP contribution in [-0.4, -0.2) is 45.4 Å². The summed E-state index contributed by atoms with van der Waals surface area (Å²) in [6.45, 7) is 3.58. The van der Waals surface area contributed by atoms with Crippen molar-refractivity contribution in [1.82, 2.24) is 10.6 Å². The standard InChI is InChI=1S/C23H37N3O2/c1-24-23(25-14-6-3-7-16-27-21-8-4-2-5-9-21)26-15-12-19-10-11-22-20(18-19)13-17-28-22/h10-11,18,21H,2-9,12-17H2,1H3,(H2,24,25,26). The van der Waals surface area contributed by atoms with Crippen molar-refractivity contribution in [2.24, 2.45) is 4.99 Å². The highest BCUT2D eigenvalue weighted by atomic mass is 16.5. The molecule has 28 heavy (non-hydrogen) atoms. The molecular formula is C23H37N3O2. The van der Waals surface area contributed by atoms with Crippen molar-refractivity contribution in [3.63, 3.8) is 0 Å². The van der Waals surface area contributed by atoms with E-state index in [4.69, 9.17) is 9.47 Å². The van der Waals surface area contributed by atoms with Gasteiger partial charge in [0.2, 0.25) is 0 Å². The van der Waals surface area contributed by atoms with Gasteiger partial charge in [-0.25, -0.2) is 0 Å². The predicted molar refractivity (Wildman–Crippen MR) is 115 cm³/mol. The van der Waals surface area contributed by atoms with Crippen molar-refractivity contribution in [3.05, 3.63) is 29.3 Å². The molecule has 0 amide bonds. The minimum Gasteiger partial charge on any atom is -0.493 e. The van der Waals surface area contributed by atoms with Crippen molar-refractivity contribution >= 4 is 5.96 Å². The Balaban J connectivity index is 1.21. The van der Waals surface area contributed by atoms with Crippen LogP contribution in [0.15, 0.2) is 23.2 Å². The van der Waals surface area contributed by atoms with Crippen LogP contribution in [0.5, 0.6) is 5.75 Å². The van der Waals surface area contributed by atoms with E-state index in [0.29, 0.717) is 6.10 Å². The first-order valence-corrected chi connectivity index (χ1v) is 11.2. The molecule has 1 aliphatic carbocycles. The molecule has 2 aliphatic rings. The van der Waals surface area contributed by atoms with Gasteiger partial charge in [-0.3, -0.25) is 4.99 Å². The zero-order chi connectivity index (χ0) is 19.4. The first kappa shape index (κ1) is 21.0. The molecule has 0 saturated heterocycles. The van der Waals surface area contributed by atoms with Gasteiger partial charge in [-0.05, 0) is 55.7 Å². The Morgan fingerprint density at radius 3 is 2.82 bits per heavy atom. The van der Waals surface area contributed by atoms with Gasteiger partial charge in [0.25, 0.3) is 0 Å². The van der Waals surface area contributed by atoms with E-state index < -0.39 is 0 Å². The lowest BCUT2D eigenvalue weighted by Crippen LogP contribution is -2.38. The summed E-state index contributed by atoms with van der Waals surface area (Å²) in [5.74, 6) is 1.95. The molecule has 1 aromatic carbocycles. The maximum absolute atomic E-state index is 5.99. The Morgan fingerprint density at radius 2 is 1.96 bits per heavy atom. The lowest BCUT2D eigenvalue weighted by atomic mass is 9.98. The van der Waals surface area contributed by atoms with Crippen molar-refractivity contribution < 1.29 is 9.47 Å². The molecule has 1 saturated carbocycles. The molecule has 5 nitrogen and oxygen atoms in total. The van der Waals surface area contributed by atoms with E-state index in [1.54, 1.807) is 0 Å². The van der Waals surface area contributed by atoms with Crippen LogP contribution in [0.3, 0.4) is 0 Å². The number of benzene rings is 1. The number of fused-ring (bicyclic) bond motifs is 1. The SMILES string of the molecule is CN=C(NCCCCCOC1CCCCC1)NCCc1ccc2c(c1)CCO2. The molecular weight excluding hydrogens is 350 g/mol. The van der Waals surface area contributed by atoms with E-state index >= 15 is 0 Å². The van der Waals surface area contributed by atoms with E-state index in [2.05, 4.69) is 33.8 Å². The smallest absolute Gasteiger partial charge is 0.190 e. The van der Waals surface area contributed by atoms with E-state index in [1.165, 1.54) is 49.7 Å². The van der Waals surface area contributed by atoms with Gasteiger partial charge in [-0.15, -0.1) is 0 Å². The first-order valence-electron chi connectivity index (χ1n) is 11.2. The largest absolute Gasteiger partial charge is 0.493 e. The van der Waals surface area contributed by atoms with Crippen LogP contribution in [-0.2, 0) is 17.6 Å². The number of hydrogen-bond donors (Lipinski definition) is 2. The minimum atomic E-state index is 0.535. The molecule has 156 valence electrons. The predicted octanol–water partition coefficient (Wildman–Crippen LogP) is 3.85. The normalized spacial score (nSPS) is 17.2. The van der Waals surface area contributed by atoms with Crippen molar-refractivity contribution in [2.75, 3.05) is 33.4 Å². The number of unbranched alkanes of at least 4 members (excludes halogenated alkanes) is 2. The van der Waals surface area contributed by atoms with E-state index in [1.807, 2.05) is 7.05 Å². The van der Waals surface area contributed by atoms with Crippen molar-refractivity contribution in [2.45, 2.75) is 70.3 Å². The fourth-order valence-electron chi connectivity index (χ4n) is 4.03. The second kappa shape index (κ2) is 11.9. The molecule has 0 radical (unpaired) electrons. The summed E-state index contributed by atoms with van der Waals surface area (Å²) < 4.78 is 11.6. The Kier molecular flexibility index (Phi) is 8.95. The van der Waals surface area contributed by atoms with Gasteiger partial charge in [-0.2, -0.15) is 0 Å². The van der Waals surface area contributed by atoms with Gasteiger partial charge in [-0.1, -0.05) is 31.4 Å². The Morgan fingerprint density at radius 1 is 1.11 bits per heavy atom. The monoisotopic (exact) mass is 387 g/mol. The quantitative estimate of drug-likeness (QED) is 0.364. The molecule has 0 aromatic heterocycles. The third-order valence-electron chi connectivity index (χ3n) is 5.70. The average molecular weight is 388 g/mol. The average Bonchev–Trinajstić information content (AvgIpc) is 3.20. The van der Waals surface area contributed by atoms with Crippen LogP contribution < -0.4 is 15.4 Å². The lowest BCUT2D eigenvalue weighted by molar-refractivity contribution is 0.0264. The molecule has 2 N–H and O–H groups in total. The second-order valence-electron chi connectivity index (χ2n) is 7.91. The lowest BCUT2D eigenvalue weighted by Gasteiger charge is -2.21. The summed E-state index contributed by atoms with van der Waals surface area (Å²) in [5.41, 5.74) is 2.69. The number of nitrogens with one attached hydrogen (secondary N) is 2. The van der Waals surface area contributed by atoms with E-state index in [-0.39, 0.29) is 0 Å². The van der Waals surface area contributed by atoms with Crippen molar-refractivity contribution in [1.29, 1.82) is 0 Å². The van der Waals surface area contributed by atoms with E-state index in [9.17, 15) is 0 Å². The zero-order valence-electron chi connectivity index (χ0n) is 17.5. The topological polar surface area (TPSA) is 54.9 Å². The highest BCUT2D eigenvalue weighted by Crippen LogP contribution is 2.25. The molecule has 0 unspecified atom stereocenters. The number of hydrogen-bond acceptors (Lipinski definition) is 3.